The normalized spacial score (nSPS) is 13.3. The molecule has 2 N–H and O–H groups in total. The van der Waals surface area contributed by atoms with Crippen molar-refractivity contribution in [3.05, 3.63) is 65.5 Å². The monoisotopic (exact) mass is 380 g/mol. The summed E-state index contributed by atoms with van der Waals surface area (Å²) in [6.07, 6.45) is 5.70. The van der Waals surface area contributed by atoms with E-state index in [2.05, 4.69) is 62.9 Å². The van der Waals surface area contributed by atoms with Crippen LogP contribution in [0, 0.1) is 26.7 Å². The lowest BCUT2D eigenvalue weighted by Gasteiger charge is -2.17. The zero-order chi connectivity index (χ0) is 20.8. The van der Waals surface area contributed by atoms with E-state index in [1.54, 1.807) is 19.1 Å². The Labute approximate surface area is 166 Å². The van der Waals surface area contributed by atoms with E-state index in [1.807, 2.05) is 0 Å². The Bertz CT molecular complexity index is 918. The summed E-state index contributed by atoms with van der Waals surface area (Å²) < 4.78 is 1.48. The molecule has 0 radical (unpaired) electrons. The van der Waals surface area contributed by atoms with Crippen LogP contribution in [0.3, 0.4) is 0 Å². The van der Waals surface area contributed by atoms with E-state index in [4.69, 9.17) is 4.99 Å². The summed E-state index contributed by atoms with van der Waals surface area (Å²) in [5.74, 6) is 0.439. The van der Waals surface area contributed by atoms with E-state index < -0.39 is 5.97 Å². The number of carboxylic acid groups (broad SMARTS) is 1. The van der Waals surface area contributed by atoms with E-state index in [-0.39, 0.29) is 11.5 Å². The number of aryl methyl sites for hydroxylation is 3. The largest absolute Gasteiger partial charge is 0.478 e. The van der Waals surface area contributed by atoms with Crippen LogP contribution in [0.4, 0.5) is 5.69 Å². The lowest BCUT2D eigenvalue weighted by Crippen LogP contribution is -2.21. The van der Waals surface area contributed by atoms with Gasteiger partial charge in [-0.1, -0.05) is 32.6 Å². The van der Waals surface area contributed by atoms with Crippen molar-refractivity contribution in [1.82, 2.24) is 9.78 Å². The number of aromatic carboxylic acids is 1. The van der Waals surface area contributed by atoms with Gasteiger partial charge in [-0.05, 0) is 56.5 Å². The minimum absolute atomic E-state index is 0.150. The van der Waals surface area contributed by atoms with Crippen molar-refractivity contribution >= 4 is 23.3 Å². The Kier molecular flexibility index (Phi) is 6.93. The van der Waals surface area contributed by atoms with Gasteiger partial charge in [0, 0.05) is 17.8 Å². The molecular weight excluding hydrogens is 352 g/mol. The summed E-state index contributed by atoms with van der Waals surface area (Å²) in [7, 11) is 0. The third kappa shape index (κ3) is 5.19. The maximum absolute atomic E-state index is 11.4. The predicted octanol–water partition coefficient (Wildman–Crippen LogP) is 5.05. The SMILES string of the molecule is C=C/C=C(\N=C(Nc1cc(C)cc(C)c1)C(C)CC)n1cc(C(=O)O)c(C)n1. The molecule has 0 saturated heterocycles. The number of amidine groups is 1. The first-order chi connectivity index (χ1) is 13.2. The molecule has 1 aromatic heterocycles. The molecule has 6 heteroatoms. The highest BCUT2D eigenvalue weighted by Crippen LogP contribution is 2.19. The van der Waals surface area contributed by atoms with Crippen molar-refractivity contribution in [1.29, 1.82) is 0 Å². The molecule has 0 bridgehead atoms. The minimum Gasteiger partial charge on any atom is -0.478 e. The van der Waals surface area contributed by atoms with Crippen LogP contribution in [0.15, 0.2) is 48.1 Å². The number of carboxylic acids is 1. The molecule has 0 aliphatic heterocycles. The third-order valence-electron chi connectivity index (χ3n) is 4.44. The van der Waals surface area contributed by atoms with Gasteiger partial charge in [-0.2, -0.15) is 5.10 Å². The van der Waals surface area contributed by atoms with Gasteiger partial charge in [0.2, 0.25) is 0 Å². The van der Waals surface area contributed by atoms with Gasteiger partial charge in [-0.15, -0.1) is 0 Å². The van der Waals surface area contributed by atoms with Crippen molar-refractivity contribution in [2.24, 2.45) is 10.9 Å². The molecule has 6 nitrogen and oxygen atoms in total. The molecule has 0 spiro atoms. The van der Waals surface area contributed by atoms with Crippen LogP contribution in [0.2, 0.25) is 0 Å². The zero-order valence-corrected chi connectivity index (χ0v) is 17.2. The van der Waals surface area contributed by atoms with E-state index in [1.165, 1.54) is 22.0 Å². The maximum Gasteiger partial charge on any atom is 0.339 e. The second-order valence-electron chi connectivity index (χ2n) is 6.95. The Morgan fingerprint density at radius 1 is 1.32 bits per heavy atom. The molecule has 0 amide bonds. The van der Waals surface area contributed by atoms with Crippen molar-refractivity contribution in [2.45, 2.75) is 41.0 Å². The standard InChI is InChI=1S/C22H28N4O2/c1-7-9-20(26-13-19(22(27)28)17(6)25-26)24-21(16(5)8-2)23-18-11-14(3)10-15(4)12-18/h7,9-13,16H,1,8H2,2-6H3,(H,23,24)(H,27,28)/b20-9+. The smallest absolute Gasteiger partial charge is 0.339 e. The molecule has 28 heavy (non-hydrogen) atoms. The average Bonchev–Trinajstić information content (AvgIpc) is 3.01. The highest BCUT2D eigenvalue weighted by molar-refractivity contribution is 5.99. The summed E-state index contributed by atoms with van der Waals surface area (Å²) in [5.41, 5.74) is 3.89. The molecule has 0 aliphatic rings. The van der Waals surface area contributed by atoms with Gasteiger partial charge in [-0.25, -0.2) is 14.5 Å². The van der Waals surface area contributed by atoms with Gasteiger partial charge in [0.1, 0.15) is 11.4 Å². The number of carbonyl (C=O) groups is 1. The summed E-state index contributed by atoms with van der Waals surface area (Å²) in [4.78, 5) is 16.1. The van der Waals surface area contributed by atoms with E-state index in [9.17, 15) is 9.90 Å². The average molecular weight is 380 g/mol. The quantitative estimate of drug-likeness (QED) is 0.400. The molecule has 1 atom stereocenters. The van der Waals surface area contributed by atoms with Crippen LogP contribution in [0.5, 0.6) is 0 Å². The number of anilines is 1. The van der Waals surface area contributed by atoms with Gasteiger partial charge in [-0.3, -0.25) is 0 Å². The number of aromatic nitrogens is 2. The summed E-state index contributed by atoms with van der Waals surface area (Å²) in [5, 5.41) is 17.0. The Morgan fingerprint density at radius 2 is 1.96 bits per heavy atom. The molecule has 0 aliphatic carbocycles. The van der Waals surface area contributed by atoms with Gasteiger partial charge in [0.25, 0.3) is 0 Å². The molecule has 2 aromatic rings. The number of allylic oxidation sites excluding steroid dienone is 2. The summed E-state index contributed by atoms with van der Waals surface area (Å²) in [6.45, 7) is 13.7. The van der Waals surface area contributed by atoms with Crippen molar-refractivity contribution in [2.75, 3.05) is 5.32 Å². The van der Waals surface area contributed by atoms with Crippen molar-refractivity contribution in [3.63, 3.8) is 0 Å². The lowest BCUT2D eigenvalue weighted by atomic mass is 10.1. The fraction of sp³-hybridized carbons (Fsp3) is 0.318. The number of aliphatic imine (C=N–C) groups is 1. The third-order valence-corrected chi connectivity index (χ3v) is 4.44. The number of benzene rings is 1. The van der Waals surface area contributed by atoms with Crippen molar-refractivity contribution < 1.29 is 9.90 Å². The van der Waals surface area contributed by atoms with Gasteiger partial charge in [0.15, 0.2) is 5.82 Å². The topological polar surface area (TPSA) is 79.5 Å². The van der Waals surface area contributed by atoms with E-state index in [0.29, 0.717) is 11.5 Å². The van der Waals surface area contributed by atoms with Crippen molar-refractivity contribution in [3.8, 4) is 0 Å². The number of nitrogens with one attached hydrogen (secondary N) is 1. The molecule has 0 fully saturated rings. The highest BCUT2D eigenvalue weighted by Gasteiger charge is 2.16. The van der Waals surface area contributed by atoms with E-state index >= 15 is 0 Å². The molecular formula is C22H28N4O2. The lowest BCUT2D eigenvalue weighted by molar-refractivity contribution is 0.0696. The Hall–Kier alpha value is -3.15. The van der Waals surface area contributed by atoms with Crippen LogP contribution in [0.25, 0.3) is 5.82 Å². The zero-order valence-electron chi connectivity index (χ0n) is 17.2. The molecule has 148 valence electrons. The molecule has 0 saturated carbocycles. The van der Waals surface area contributed by atoms with Gasteiger partial charge >= 0.3 is 5.97 Å². The first-order valence-corrected chi connectivity index (χ1v) is 9.31. The number of nitrogens with zero attached hydrogens (tertiary/aromatic N) is 3. The van der Waals surface area contributed by atoms with Gasteiger partial charge < -0.3 is 10.4 Å². The molecule has 1 unspecified atom stereocenters. The highest BCUT2D eigenvalue weighted by atomic mass is 16.4. The maximum atomic E-state index is 11.4. The van der Waals surface area contributed by atoms with E-state index in [0.717, 1.165) is 17.9 Å². The second-order valence-corrected chi connectivity index (χ2v) is 6.95. The second kappa shape index (κ2) is 9.17. The molecule has 2 rings (SSSR count). The Morgan fingerprint density at radius 3 is 2.46 bits per heavy atom. The fourth-order valence-corrected chi connectivity index (χ4v) is 2.83. The number of hydrogen-bond acceptors (Lipinski definition) is 3. The first-order valence-electron chi connectivity index (χ1n) is 9.31. The van der Waals surface area contributed by atoms with Crippen LogP contribution < -0.4 is 5.32 Å². The predicted molar refractivity (Wildman–Crippen MR) is 115 cm³/mol. The Balaban J connectivity index is 2.49. The van der Waals surface area contributed by atoms with Crippen LogP contribution in [-0.2, 0) is 0 Å². The number of hydrogen-bond donors (Lipinski definition) is 2. The minimum atomic E-state index is -1.01. The van der Waals surface area contributed by atoms with Crippen LogP contribution in [-0.4, -0.2) is 26.7 Å². The molecule has 1 aromatic carbocycles. The van der Waals surface area contributed by atoms with Crippen LogP contribution in [0.1, 0.15) is 47.4 Å². The summed E-state index contributed by atoms with van der Waals surface area (Å²) in [6, 6.07) is 6.26. The van der Waals surface area contributed by atoms with Crippen LogP contribution >= 0.6 is 0 Å². The fourth-order valence-electron chi connectivity index (χ4n) is 2.83. The molecule has 1 heterocycles. The number of rotatable bonds is 7. The summed E-state index contributed by atoms with van der Waals surface area (Å²) >= 11 is 0. The van der Waals surface area contributed by atoms with Gasteiger partial charge in [0.05, 0.1) is 5.69 Å². The first kappa shape index (κ1) is 21.2.